The largest absolute Gasteiger partial charge is 0.480 e. The summed E-state index contributed by atoms with van der Waals surface area (Å²) in [6.45, 7) is 1.52. The van der Waals surface area contributed by atoms with Crippen LogP contribution in [0.15, 0.2) is 29.6 Å². The second kappa shape index (κ2) is 8.93. The summed E-state index contributed by atoms with van der Waals surface area (Å²) >= 11 is 1.60. The minimum Gasteiger partial charge on any atom is -0.480 e. The summed E-state index contributed by atoms with van der Waals surface area (Å²) in [5.41, 5.74) is 1.93. The number of benzene rings is 1. The molecule has 3 N–H and O–H groups in total. The van der Waals surface area contributed by atoms with E-state index in [-0.39, 0.29) is 5.91 Å². The van der Waals surface area contributed by atoms with E-state index in [0.29, 0.717) is 24.1 Å². The smallest absolute Gasteiger partial charge is 0.322 e. The van der Waals surface area contributed by atoms with Crippen LogP contribution in [0, 0.1) is 6.92 Å². The van der Waals surface area contributed by atoms with Crippen LogP contribution in [0.25, 0.3) is 0 Å². The number of rotatable bonds is 8. The van der Waals surface area contributed by atoms with Gasteiger partial charge in [-0.05, 0) is 44.0 Å². The summed E-state index contributed by atoms with van der Waals surface area (Å²) in [5, 5.41) is 16.6. The van der Waals surface area contributed by atoms with Gasteiger partial charge in [0.2, 0.25) is 5.91 Å². The highest BCUT2D eigenvalue weighted by Gasteiger charge is 2.08. The maximum Gasteiger partial charge on any atom is 0.322 e. The standard InChI is InChI=1S/C17H19N3O4S/c1-11-19-14(10-25-11)3-2-4-15(21)20-13-7-5-12(6-8-13)17(24)18-9-16(22)23/h5-8,10H,2-4,9H2,1H3,(H,18,24)(H,20,21)(H,22,23). The Morgan fingerprint density at radius 3 is 2.52 bits per heavy atom. The number of nitrogens with zero attached hydrogens (tertiary/aromatic N) is 1. The second-order valence-corrected chi connectivity index (χ2v) is 6.48. The van der Waals surface area contributed by atoms with Gasteiger partial charge in [0.25, 0.3) is 5.91 Å². The molecule has 2 aromatic rings. The molecule has 25 heavy (non-hydrogen) atoms. The fraction of sp³-hybridized carbons (Fsp3) is 0.294. The molecule has 0 aliphatic carbocycles. The molecule has 1 heterocycles. The van der Waals surface area contributed by atoms with Crippen molar-refractivity contribution in [3.05, 3.63) is 45.9 Å². The molecule has 0 spiro atoms. The lowest BCUT2D eigenvalue weighted by Gasteiger charge is -2.06. The van der Waals surface area contributed by atoms with Crippen LogP contribution in [0.1, 0.15) is 33.9 Å². The van der Waals surface area contributed by atoms with Gasteiger partial charge in [-0.15, -0.1) is 11.3 Å². The van der Waals surface area contributed by atoms with Crippen LogP contribution < -0.4 is 10.6 Å². The number of anilines is 1. The van der Waals surface area contributed by atoms with E-state index >= 15 is 0 Å². The van der Waals surface area contributed by atoms with Gasteiger partial charge in [-0.1, -0.05) is 0 Å². The van der Waals surface area contributed by atoms with Gasteiger partial charge in [0.15, 0.2) is 0 Å². The van der Waals surface area contributed by atoms with E-state index < -0.39 is 18.4 Å². The molecule has 8 heteroatoms. The molecule has 132 valence electrons. The molecule has 0 atom stereocenters. The third-order valence-electron chi connectivity index (χ3n) is 3.33. The SMILES string of the molecule is Cc1nc(CCCC(=O)Nc2ccc(C(=O)NCC(=O)O)cc2)cs1. The van der Waals surface area contributed by atoms with Gasteiger partial charge in [-0.2, -0.15) is 0 Å². The number of hydrogen-bond donors (Lipinski definition) is 3. The maximum absolute atomic E-state index is 11.9. The van der Waals surface area contributed by atoms with Gasteiger partial charge in [-0.3, -0.25) is 14.4 Å². The van der Waals surface area contributed by atoms with Gasteiger partial charge in [0.1, 0.15) is 6.54 Å². The summed E-state index contributed by atoms with van der Waals surface area (Å²) in [6, 6.07) is 6.28. The first-order valence-corrected chi connectivity index (χ1v) is 8.63. The van der Waals surface area contributed by atoms with Gasteiger partial charge in [-0.25, -0.2) is 4.98 Å². The first-order valence-electron chi connectivity index (χ1n) is 7.75. The van der Waals surface area contributed by atoms with Gasteiger partial charge >= 0.3 is 5.97 Å². The fourth-order valence-electron chi connectivity index (χ4n) is 2.14. The summed E-state index contributed by atoms with van der Waals surface area (Å²) in [5.74, 6) is -1.68. The van der Waals surface area contributed by atoms with E-state index in [1.807, 2.05) is 12.3 Å². The van der Waals surface area contributed by atoms with Crippen molar-refractivity contribution < 1.29 is 19.5 Å². The number of aromatic nitrogens is 1. The van der Waals surface area contributed by atoms with E-state index in [1.165, 1.54) is 12.1 Å². The van der Waals surface area contributed by atoms with Crippen LogP contribution in [0.3, 0.4) is 0 Å². The molecule has 0 saturated heterocycles. The van der Waals surface area contributed by atoms with Crippen molar-refractivity contribution in [2.75, 3.05) is 11.9 Å². The highest BCUT2D eigenvalue weighted by atomic mass is 32.1. The number of aliphatic carboxylic acids is 1. The number of carboxylic acid groups (broad SMARTS) is 1. The quantitative estimate of drug-likeness (QED) is 0.668. The Balaban J connectivity index is 1.76. The molecule has 0 bridgehead atoms. The van der Waals surface area contributed by atoms with Crippen LogP contribution in [-0.4, -0.2) is 34.4 Å². The number of hydrogen-bond acceptors (Lipinski definition) is 5. The Hall–Kier alpha value is -2.74. The lowest BCUT2D eigenvalue weighted by Crippen LogP contribution is -2.29. The van der Waals surface area contributed by atoms with Crippen LogP contribution in [0.4, 0.5) is 5.69 Å². The Labute approximate surface area is 149 Å². The monoisotopic (exact) mass is 361 g/mol. The molecular weight excluding hydrogens is 342 g/mol. The minimum absolute atomic E-state index is 0.102. The minimum atomic E-state index is -1.11. The summed E-state index contributed by atoms with van der Waals surface area (Å²) < 4.78 is 0. The third kappa shape index (κ3) is 6.34. The number of carbonyl (C=O) groups excluding carboxylic acids is 2. The molecule has 0 aliphatic rings. The number of carbonyl (C=O) groups is 3. The second-order valence-electron chi connectivity index (χ2n) is 5.41. The van der Waals surface area contributed by atoms with Gasteiger partial charge in [0.05, 0.1) is 10.7 Å². The number of aryl methyl sites for hydroxylation is 2. The van der Waals surface area contributed by atoms with Crippen molar-refractivity contribution in [2.24, 2.45) is 0 Å². The Kier molecular flexibility index (Phi) is 6.64. The van der Waals surface area contributed by atoms with Crippen molar-refractivity contribution in [2.45, 2.75) is 26.2 Å². The molecule has 1 aromatic carbocycles. The first kappa shape index (κ1) is 18.6. The van der Waals surface area contributed by atoms with Crippen molar-refractivity contribution in [1.29, 1.82) is 0 Å². The summed E-state index contributed by atoms with van der Waals surface area (Å²) in [4.78, 5) is 38.4. The van der Waals surface area contributed by atoms with Crippen molar-refractivity contribution >= 4 is 34.8 Å². The average Bonchev–Trinajstić information content (AvgIpc) is 2.98. The van der Waals surface area contributed by atoms with Gasteiger partial charge < -0.3 is 15.7 Å². The van der Waals surface area contributed by atoms with Crippen LogP contribution >= 0.6 is 11.3 Å². The Bertz CT molecular complexity index is 756. The molecule has 2 amide bonds. The highest BCUT2D eigenvalue weighted by molar-refractivity contribution is 7.09. The summed E-state index contributed by atoms with van der Waals surface area (Å²) in [7, 11) is 0. The molecule has 1 aromatic heterocycles. The number of carboxylic acids is 1. The zero-order valence-electron chi connectivity index (χ0n) is 13.7. The van der Waals surface area contributed by atoms with Crippen LogP contribution in [-0.2, 0) is 16.0 Å². The van der Waals surface area contributed by atoms with E-state index in [4.69, 9.17) is 5.11 Å². The fourth-order valence-corrected chi connectivity index (χ4v) is 2.79. The number of thiazole rings is 1. The van der Waals surface area contributed by atoms with Gasteiger partial charge in [0, 0.05) is 23.1 Å². The van der Waals surface area contributed by atoms with Crippen LogP contribution in [0.2, 0.25) is 0 Å². The average molecular weight is 361 g/mol. The first-order chi connectivity index (χ1) is 11.9. The van der Waals surface area contributed by atoms with Crippen molar-refractivity contribution in [3.8, 4) is 0 Å². The predicted molar refractivity (Wildman–Crippen MR) is 94.8 cm³/mol. The summed E-state index contributed by atoms with van der Waals surface area (Å²) in [6.07, 6.45) is 1.86. The zero-order valence-corrected chi connectivity index (χ0v) is 14.6. The zero-order chi connectivity index (χ0) is 18.2. The molecule has 0 radical (unpaired) electrons. The predicted octanol–water partition coefficient (Wildman–Crippen LogP) is 2.23. The molecule has 0 aliphatic heterocycles. The van der Waals surface area contributed by atoms with Crippen LogP contribution in [0.5, 0.6) is 0 Å². The molecule has 0 unspecified atom stereocenters. The Morgan fingerprint density at radius 2 is 1.92 bits per heavy atom. The number of nitrogens with one attached hydrogen (secondary N) is 2. The van der Waals surface area contributed by atoms with E-state index in [9.17, 15) is 14.4 Å². The molecule has 0 fully saturated rings. The Morgan fingerprint density at radius 1 is 1.20 bits per heavy atom. The number of amides is 2. The van der Waals surface area contributed by atoms with Crippen molar-refractivity contribution in [1.82, 2.24) is 10.3 Å². The molecular formula is C17H19N3O4S. The topological polar surface area (TPSA) is 108 Å². The van der Waals surface area contributed by atoms with E-state index in [2.05, 4.69) is 15.6 Å². The highest BCUT2D eigenvalue weighted by Crippen LogP contribution is 2.13. The van der Waals surface area contributed by atoms with E-state index in [0.717, 1.165) is 17.1 Å². The normalized spacial score (nSPS) is 10.3. The van der Waals surface area contributed by atoms with Crippen molar-refractivity contribution in [3.63, 3.8) is 0 Å². The lowest BCUT2D eigenvalue weighted by atomic mass is 10.1. The maximum atomic E-state index is 11.9. The molecule has 0 saturated carbocycles. The molecule has 7 nitrogen and oxygen atoms in total. The molecule has 2 rings (SSSR count). The van der Waals surface area contributed by atoms with E-state index in [1.54, 1.807) is 23.5 Å². The lowest BCUT2D eigenvalue weighted by molar-refractivity contribution is -0.135. The third-order valence-corrected chi connectivity index (χ3v) is 4.16.